The maximum absolute atomic E-state index is 13.2. The van der Waals surface area contributed by atoms with Crippen molar-refractivity contribution in [2.75, 3.05) is 5.73 Å². The summed E-state index contributed by atoms with van der Waals surface area (Å²) in [5.74, 6) is -0.184. The van der Waals surface area contributed by atoms with E-state index in [4.69, 9.17) is 5.73 Å². The summed E-state index contributed by atoms with van der Waals surface area (Å²) < 4.78 is 13.2. The number of hydrogen-bond acceptors (Lipinski definition) is 4. The normalized spacial score (nSPS) is 10.3. The van der Waals surface area contributed by atoms with Gasteiger partial charge in [-0.25, -0.2) is 9.37 Å². The molecule has 1 aromatic carbocycles. The molecule has 1 amide bonds. The summed E-state index contributed by atoms with van der Waals surface area (Å²) in [5, 5.41) is 2.75. The predicted octanol–water partition coefficient (Wildman–Crippen LogP) is 3.33. The van der Waals surface area contributed by atoms with Gasteiger partial charge in [-0.2, -0.15) is 0 Å². The van der Waals surface area contributed by atoms with E-state index >= 15 is 0 Å². The molecule has 0 radical (unpaired) electrons. The molecule has 3 rings (SSSR count). The molecule has 5 nitrogen and oxygen atoms in total. The molecule has 0 bridgehead atoms. The van der Waals surface area contributed by atoms with E-state index in [2.05, 4.69) is 21.9 Å². The van der Waals surface area contributed by atoms with Crippen molar-refractivity contribution in [1.29, 1.82) is 0 Å². The summed E-state index contributed by atoms with van der Waals surface area (Å²) >= 11 is 0. The maximum Gasteiger partial charge on any atom is 0.243 e. The summed E-state index contributed by atoms with van der Waals surface area (Å²) in [4.78, 5) is 19.9. The van der Waals surface area contributed by atoms with E-state index in [1.807, 2.05) is 12.1 Å². The Hall–Kier alpha value is -3.54. The van der Waals surface area contributed by atoms with Crippen molar-refractivity contribution in [2.45, 2.75) is 6.54 Å². The van der Waals surface area contributed by atoms with E-state index < -0.39 is 0 Å². The van der Waals surface area contributed by atoms with Gasteiger partial charge in [-0.05, 0) is 65.2 Å². The van der Waals surface area contributed by atoms with Crippen molar-refractivity contribution in [3.8, 4) is 22.4 Å². The van der Waals surface area contributed by atoms with E-state index in [1.54, 1.807) is 30.6 Å². The number of pyridine rings is 2. The van der Waals surface area contributed by atoms with Crippen LogP contribution in [0.5, 0.6) is 0 Å². The number of nitrogens with two attached hydrogens (primary N) is 1. The van der Waals surface area contributed by atoms with Gasteiger partial charge in [-0.1, -0.05) is 6.58 Å². The number of anilines is 1. The van der Waals surface area contributed by atoms with Gasteiger partial charge in [0, 0.05) is 24.5 Å². The van der Waals surface area contributed by atoms with Gasteiger partial charge in [0.2, 0.25) is 5.91 Å². The number of carbonyl (C=O) groups is 1. The standard InChI is InChI=1S/C20H17FN4O/c1-2-20(26)25-12-15-11-24-18(13-3-5-16(21)6-4-13)10-17(15)14-7-8-23-19(22)9-14/h2-11H,1,12H2,(H2,22,23)(H,25,26). The van der Waals surface area contributed by atoms with Crippen LogP contribution in [-0.4, -0.2) is 15.9 Å². The van der Waals surface area contributed by atoms with Crippen LogP contribution in [-0.2, 0) is 11.3 Å². The average Bonchev–Trinajstić information content (AvgIpc) is 2.66. The minimum atomic E-state index is -0.306. The Morgan fingerprint density at radius 3 is 2.62 bits per heavy atom. The van der Waals surface area contributed by atoms with Crippen LogP contribution in [0.3, 0.4) is 0 Å². The molecule has 0 unspecified atom stereocenters. The van der Waals surface area contributed by atoms with Crippen LogP contribution < -0.4 is 11.1 Å². The number of halogens is 1. The second-order valence-electron chi connectivity index (χ2n) is 5.62. The molecule has 2 heterocycles. The van der Waals surface area contributed by atoms with E-state index in [0.29, 0.717) is 18.1 Å². The predicted molar refractivity (Wildman–Crippen MR) is 99.3 cm³/mol. The number of nitrogen functional groups attached to an aromatic ring is 1. The van der Waals surface area contributed by atoms with Crippen molar-refractivity contribution >= 4 is 11.7 Å². The Bertz CT molecular complexity index is 954. The lowest BCUT2D eigenvalue weighted by Gasteiger charge is -2.12. The Morgan fingerprint density at radius 1 is 1.15 bits per heavy atom. The summed E-state index contributed by atoms with van der Waals surface area (Å²) in [6.07, 6.45) is 4.52. The molecule has 3 N–H and O–H groups in total. The number of nitrogens with zero attached hydrogens (tertiary/aromatic N) is 2. The van der Waals surface area contributed by atoms with Crippen molar-refractivity contribution < 1.29 is 9.18 Å². The lowest BCUT2D eigenvalue weighted by molar-refractivity contribution is -0.116. The molecular weight excluding hydrogens is 331 g/mol. The fourth-order valence-electron chi connectivity index (χ4n) is 2.54. The van der Waals surface area contributed by atoms with Crippen LogP contribution >= 0.6 is 0 Å². The van der Waals surface area contributed by atoms with Gasteiger partial charge in [-0.15, -0.1) is 0 Å². The number of benzene rings is 1. The second-order valence-corrected chi connectivity index (χ2v) is 5.62. The van der Waals surface area contributed by atoms with Gasteiger partial charge in [0.1, 0.15) is 11.6 Å². The summed E-state index contributed by atoms with van der Waals surface area (Å²) in [6.45, 7) is 3.73. The summed E-state index contributed by atoms with van der Waals surface area (Å²) in [7, 11) is 0. The number of hydrogen-bond donors (Lipinski definition) is 2. The highest BCUT2D eigenvalue weighted by Crippen LogP contribution is 2.28. The smallest absolute Gasteiger partial charge is 0.243 e. The highest BCUT2D eigenvalue weighted by Gasteiger charge is 2.11. The van der Waals surface area contributed by atoms with Crippen LogP contribution in [0, 0.1) is 5.82 Å². The summed E-state index contributed by atoms with van der Waals surface area (Å²) in [6, 6.07) is 11.6. The van der Waals surface area contributed by atoms with E-state index in [0.717, 1.165) is 22.3 Å². The molecule has 0 spiro atoms. The average molecular weight is 348 g/mol. The van der Waals surface area contributed by atoms with Gasteiger partial charge in [-0.3, -0.25) is 9.78 Å². The van der Waals surface area contributed by atoms with Crippen LogP contribution in [0.15, 0.2) is 67.5 Å². The first kappa shape index (κ1) is 17.3. The second kappa shape index (κ2) is 7.57. The molecule has 0 fully saturated rings. The first-order chi connectivity index (χ1) is 12.6. The van der Waals surface area contributed by atoms with E-state index in [-0.39, 0.29) is 11.7 Å². The largest absolute Gasteiger partial charge is 0.384 e. The van der Waals surface area contributed by atoms with Crippen LogP contribution in [0.2, 0.25) is 0 Å². The highest BCUT2D eigenvalue weighted by atomic mass is 19.1. The third-order valence-electron chi connectivity index (χ3n) is 3.86. The molecule has 0 aliphatic carbocycles. The minimum absolute atomic E-state index is 0.271. The summed E-state index contributed by atoms with van der Waals surface area (Å²) in [5.41, 5.74) is 9.81. The Labute approximate surface area is 150 Å². The monoisotopic (exact) mass is 348 g/mol. The van der Waals surface area contributed by atoms with Crippen LogP contribution in [0.25, 0.3) is 22.4 Å². The van der Waals surface area contributed by atoms with Crippen molar-refractivity contribution in [3.05, 3.63) is 78.9 Å². The molecule has 0 saturated carbocycles. The molecule has 3 aromatic rings. The zero-order valence-corrected chi connectivity index (χ0v) is 13.9. The third kappa shape index (κ3) is 3.92. The number of amides is 1. The zero-order valence-electron chi connectivity index (χ0n) is 13.9. The first-order valence-electron chi connectivity index (χ1n) is 7.94. The van der Waals surface area contributed by atoms with Gasteiger partial charge in [0.25, 0.3) is 0 Å². The molecule has 0 aliphatic heterocycles. The van der Waals surface area contributed by atoms with E-state index in [9.17, 15) is 9.18 Å². The SMILES string of the molecule is C=CC(=O)NCc1cnc(-c2ccc(F)cc2)cc1-c1ccnc(N)c1. The van der Waals surface area contributed by atoms with Crippen LogP contribution in [0.4, 0.5) is 10.2 Å². The quantitative estimate of drug-likeness (QED) is 0.693. The number of aromatic nitrogens is 2. The molecule has 0 saturated heterocycles. The molecule has 130 valence electrons. The van der Waals surface area contributed by atoms with E-state index in [1.165, 1.54) is 18.2 Å². The topological polar surface area (TPSA) is 80.9 Å². The fraction of sp³-hybridized carbons (Fsp3) is 0.0500. The Morgan fingerprint density at radius 2 is 1.92 bits per heavy atom. The fourth-order valence-corrected chi connectivity index (χ4v) is 2.54. The highest BCUT2D eigenvalue weighted by molar-refractivity contribution is 5.87. The van der Waals surface area contributed by atoms with Gasteiger partial charge in [0.15, 0.2) is 0 Å². The van der Waals surface area contributed by atoms with Crippen molar-refractivity contribution in [2.24, 2.45) is 0 Å². The molecule has 0 atom stereocenters. The first-order valence-corrected chi connectivity index (χ1v) is 7.94. The lowest BCUT2D eigenvalue weighted by Crippen LogP contribution is -2.20. The third-order valence-corrected chi connectivity index (χ3v) is 3.86. The molecule has 2 aromatic heterocycles. The lowest BCUT2D eigenvalue weighted by atomic mass is 9.99. The molecule has 26 heavy (non-hydrogen) atoms. The Balaban J connectivity index is 2.05. The van der Waals surface area contributed by atoms with Gasteiger partial charge in [0.05, 0.1) is 5.69 Å². The molecular formula is C20H17FN4O. The zero-order chi connectivity index (χ0) is 18.5. The van der Waals surface area contributed by atoms with Crippen molar-refractivity contribution in [3.63, 3.8) is 0 Å². The number of carbonyl (C=O) groups excluding carboxylic acids is 1. The van der Waals surface area contributed by atoms with Crippen molar-refractivity contribution in [1.82, 2.24) is 15.3 Å². The number of rotatable bonds is 5. The van der Waals surface area contributed by atoms with Gasteiger partial charge < -0.3 is 11.1 Å². The number of nitrogens with one attached hydrogen (secondary N) is 1. The minimum Gasteiger partial charge on any atom is -0.384 e. The maximum atomic E-state index is 13.2. The van der Waals surface area contributed by atoms with Crippen LogP contribution in [0.1, 0.15) is 5.56 Å². The molecule has 6 heteroatoms. The Kier molecular flexibility index (Phi) is 5.03. The van der Waals surface area contributed by atoms with Gasteiger partial charge >= 0.3 is 0 Å². The molecule has 0 aliphatic rings.